The number of benzene rings is 2. The van der Waals surface area contributed by atoms with Crippen molar-refractivity contribution in [3.8, 4) is 11.5 Å². The molecule has 1 heterocycles. The Kier molecular flexibility index (Phi) is 4.98. The highest BCUT2D eigenvalue weighted by Gasteiger charge is 2.34. The number of anilines is 1. The van der Waals surface area contributed by atoms with Gasteiger partial charge in [-0.15, -0.1) is 0 Å². The number of fused-ring (bicyclic) bond motifs is 1. The van der Waals surface area contributed by atoms with Crippen molar-refractivity contribution < 1.29 is 9.47 Å². The first-order chi connectivity index (χ1) is 12.7. The van der Waals surface area contributed by atoms with E-state index < -0.39 is 0 Å². The molecule has 0 atom stereocenters. The molecule has 4 nitrogen and oxygen atoms in total. The van der Waals surface area contributed by atoms with Crippen LogP contribution in [0.4, 0.5) is 5.69 Å². The molecule has 0 saturated heterocycles. The van der Waals surface area contributed by atoms with E-state index in [1.807, 2.05) is 18.2 Å². The molecule has 2 N–H and O–H groups in total. The van der Waals surface area contributed by atoms with E-state index in [-0.39, 0.29) is 12.3 Å². The highest BCUT2D eigenvalue weighted by atomic mass is 32.1. The van der Waals surface area contributed by atoms with Crippen LogP contribution in [-0.2, 0) is 6.42 Å². The summed E-state index contributed by atoms with van der Waals surface area (Å²) in [6.45, 7) is 0.282. The summed E-state index contributed by atoms with van der Waals surface area (Å²) < 4.78 is 10.8. The summed E-state index contributed by atoms with van der Waals surface area (Å²) >= 11 is 5.61. The maximum atomic E-state index is 5.61. The third-order valence-electron chi connectivity index (χ3n) is 5.30. The minimum absolute atomic E-state index is 0.0935. The first-order valence-electron chi connectivity index (χ1n) is 9.25. The largest absolute Gasteiger partial charge is 0.454 e. The van der Waals surface area contributed by atoms with E-state index in [0.29, 0.717) is 5.11 Å². The third-order valence-corrected chi connectivity index (χ3v) is 5.51. The number of thiocarbonyl (C=S) groups is 1. The number of hydrogen-bond donors (Lipinski definition) is 2. The van der Waals surface area contributed by atoms with E-state index in [2.05, 4.69) is 41.0 Å². The fourth-order valence-corrected chi connectivity index (χ4v) is 4.23. The van der Waals surface area contributed by atoms with E-state index in [4.69, 9.17) is 21.7 Å². The molecule has 4 rings (SSSR count). The topological polar surface area (TPSA) is 42.5 Å². The maximum Gasteiger partial charge on any atom is 0.231 e. The molecule has 1 saturated carbocycles. The molecular weight excluding hydrogens is 344 g/mol. The van der Waals surface area contributed by atoms with Gasteiger partial charge in [-0.2, -0.15) is 0 Å². The Morgan fingerprint density at radius 2 is 1.77 bits per heavy atom. The quantitative estimate of drug-likeness (QED) is 0.752. The molecule has 5 heteroatoms. The molecule has 2 aliphatic rings. The lowest BCUT2D eigenvalue weighted by atomic mass is 9.89. The number of aryl methyl sites for hydroxylation is 1. The molecule has 0 aromatic heterocycles. The second-order valence-corrected chi connectivity index (χ2v) is 7.53. The molecule has 136 valence electrons. The lowest BCUT2D eigenvalue weighted by molar-refractivity contribution is 0.174. The normalized spacial score (nSPS) is 17.1. The Morgan fingerprint density at radius 3 is 2.58 bits per heavy atom. The molecule has 0 amide bonds. The smallest absolute Gasteiger partial charge is 0.231 e. The summed E-state index contributed by atoms with van der Waals surface area (Å²) in [5.41, 5.74) is 2.40. The van der Waals surface area contributed by atoms with Crippen LogP contribution in [0.25, 0.3) is 0 Å². The van der Waals surface area contributed by atoms with Crippen LogP contribution in [0.2, 0.25) is 0 Å². The fourth-order valence-electron chi connectivity index (χ4n) is 3.90. The van der Waals surface area contributed by atoms with E-state index in [9.17, 15) is 0 Å². The van der Waals surface area contributed by atoms with Crippen molar-refractivity contribution in [2.45, 2.75) is 44.1 Å². The van der Waals surface area contributed by atoms with Gasteiger partial charge in [-0.25, -0.2) is 0 Å². The van der Waals surface area contributed by atoms with Gasteiger partial charge in [0.05, 0.1) is 0 Å². The summed E-state index contributed by atoms with van der Waals surface area (Å²) in [5, 5.41) is 7.61. The number of rotatable bonds is 5. The monoisotopic (exact) mass is 368 g/mol. The van der Waals surface area contributed by atoms with Crippen molar-refractivity contribution in [1.29, 1.82) is 0 Å². The van der Waals surface area contributed by atoms with Gasteiger partial charge in [0.25, 0.3) is 0 Å². The Balaban J connectivity index is 1.38. The molecule has 1 aliphatic heterocycles. The van der Waals surface area contributed by atoms with Gasteiger partial charge in [0.2, 0.25) is 6.79 Å². The van der Waals surface area contributed by atoms with Crippen LogP contribution in [0.1, 0.15) is 37.7 Å². The lowest BCUT2D eigenvalue weighted by Crippen LogP contribution is -2.48. The van der Waals surface area contributed by atoms with Crippen molar-refractivity contribution in [3.63, 3.8) is 0 Å². The molecule has 0 unspecified atom stereocenters. The summed E-state index contributed by atoms with van der Waals surface area (Å²) in [7, 11) is 0. The van der Waals surface area contributed by atoms with Crippen LogP contribution in [0.5, 0.6) is 11.5 Å². The van der Waals surface area contributed by atoms with Gasteiger partial charge in [0.1, 0.15) is 0 Å². The third kappa shape index (κ3) is 3.93. The zero-order chi connectivity index (χ0) is 17.8. The SMILES string of the molecule is S=C(Nc1ccc2c(c1)OCO2)NC1(CCc2ccccc2)CCCC1. The van der Waals surface area contributed by atoms with Crippen LogP contribution < -0.4 is 20.1 Å². The summed E-state index contributed by atoms with van der Waals surface area (Å²) in [5.74, 6) is 1.54. The zero-order valence-corrected chi connectivity index (χ0v) is 15.6. The lowest BCUT2D eigenvalue weighted by Gasteiger charge is -2.32. The summed E-state index contributed by atoms with van der Waals surface area (Å²) in [6.07, 6.45) is 7.02. The molecule has 1 aliphatic carbocycles. The van der Waals surface area contributed by atoms with Crippen LogP contribution >= 0.6 is 12.2 Å². The van der Waals surface area contributed by atoms with Crippen LogP contribution in [0.3, 0.4) is 0 Å². The van der Waals surface area contributed by atoms with Gasteiger partial charge in [-0.1, -0.05) is 43.2 Å². The second kappa shape index (κ2) is 7.54. The zero-order valence-electron chi connectivity index (χ0n) is 14.8. The maximum absolute atomic E-state index is 5.61. The fraction of sp³-hybridized carbons (Fsp3) is 0.381. The first-order valence-corrected chi connectivity index (χ1v) is 9.66. The highest BCUT2D eigenvalue weighted by Crippen LogP contribution is 2.35. The minimum atomic E-state index is 0.0935. The molecule has 2 aromatic rings. The number of ether oxygens (including phenoxy) is 2. The molecule has 0 radical (unpaired) electrons. The van der Waals surface area contributed by atoms with Crippen molar-refractivity contribution in [1.82, 2.24) is 5.32 Å². The second-order valence-electron chi connectivity index (χ2n) is 7.12. The predicted octanol–water partition coefficient (Wildman–Crippen LogP) is 4.65. The van der Waals surface area contributed by atoms with Crippen LogP contribution in [0, 0.1) is 0 Å². The van der Waals surface area contributed by atoms with Crippen molar-refractivity contribution in [2.24, 2.45) is 0 Å². The predicted molar refractivity (Wildman–Crippen MR) is 108 cm³/mol. The Morgan fingerprint density at radius 1 is 1.00 bits per heavy atom. The van der Waals surface area contributed by atoms with E-state index in [1.54, 1.807) is 0 Å². The van der Waals surface area contributed by atoms with Crippen LogP contribution in [0.15, 0.2) is 48.5 Å². The standard InChI is InChI=1S/C21H24N2O2S/c26-20(22-17-8-9-18-19(14-17)25-15-24-18)23-21(11-4-5-12-21)13-10-16-6-2-1-3-7-16/h1-3,6-9,14H,4-5,10-13,15H2,(H2,22,23,26). The Bertz CT molecular complexity index is 773. The average Bonchev–Trinajstić information content (AvgIpc) is 3.30. The van der Waals surface area contributed by atoms with Gasteiger partial charge >= 0.3 is 0 Å². The minimum Gasteiger partial charge on any atom is -0.454 e. The first kappa shape index (κ1) is 17.2. The van der Waals surface area contributed by atoms with Gasteiger partial charge in [0, 0.05) is 17.3 Å². The van der Waals surface area contributed by atoms with Crippen molar-refractivity contribution in [2.75, 3.05) is 12.1 Å². The Labute approximate surface area is 159 Å². The average molecular weight is 369 g/mol. The highest BCUT2D eigenvalue weighted by molar-refractivity contribution is 7.80. The number of nitrogens with one attached hydrogen (secondary N) is 2. The summed E-state index contributed by atoms with van der Waals surface area (Å²) in [4.78, 5) is 0. The van der Waals surface area contributed by atoms with Gasteiger partial charge in [-0.05, 0) is 55.6 Å². The molecule has 2 aromatic carbocycles. The van der Waals surface area contributed by atoms with Gasteiger partial charge in [-0.3, -0.25) is 0 Å². The van der Waals surface area contributed by atoms with Gasteiger partial charge in [0.15, 0.2) is 16.6 Å². The van der Waals surface area contributed by atoms with Crippen molar-refractivity contribution in [3.05, 3.63) is 54.1 Å². The van der Waals surface area contributed by atoms with Crippen molar-refractivity contribution >= 4 is 23.0 Å². The van der Waals surface area contributed by atoms with Gasteiger partial charge < -0.3 is 20.1 Å². The molecule has 1 fully saturated rings. The molecule has 0 bridgehead atoms. The molecular formula is C21H24N2O2S. The van der Waals surface area contributed by atoms with Crippen LogP contribution in [-0.4, -0.2) is 17.4 Å². The van der Waals surface area contributed by atoms with E-state index in [1.165, 1.54) is 31.2 Å². The molecule has 0 spiro atoms. The Hall–Kier alpha value is -2.27. The number of hydrogen-bond acceptors (Lipinski definition) is 3. The van der Waals surface area contributed by atoms with E-state index >= 15 is 0 Å². The van der Waals surface area contributed by atoms with E-state index in [0.717, 1.165) is 30.0 Å². The summed E-state index contributed by atoms with van der Waals surface area (Å²) in [6, 6.07) is 16.5. The molecule has 26 heavy (non-hydrogen) atoms.